The lowest BCUT2D eigenvalue weighted by atomic mass is 10.1. The van der Waals surface area contributed by atoms with Crippen molar-refractivity contribution in [2.45, 2.75) is 38.3 Å². The van der Waals surface area contributed by atoms with E-state index in [2.05, 4.69) is 40.9 Å². The predicted molar refractivity (Wildman–Crippen MR) is 98.0 cm³/mol. The first kappa shape index (κ1) is 15.7. The van der Waals surface area contributed by atoms with Gasteiger partial charge in [0.15, 0.2) is 5.65 Å². The zero-order valence-electron chi connectivity index (χ0n) is 14.9. The van der Waals surface area contributed by atoms with Gasteiger partial charge in [0, 0.05) is 19.3 Å². The first-order chi connectivity index (χ1) is 12.9. The number of aromatic nitrogens is 6. The third-order valence-electron chi connectivity index (χ3n) is 5.58. The lowest BCUT2D eigenvalue weighted by Gasteiger charge is -2.36. The molecule has 8 nitrogen and oxygen atoms in total. The monoisotopic (exact) mass is 352 g/mol. The minimum absolute atomic E-state index is 0.383. The van der Waals surface area contributed by atoms with Crippen LogP contribution in [-0.4, -0.2) is 60.7 Å². The van der Waals surface area contributed by atoms with Crippen LogP contribution in [0.2, 0.25) is 0 Å². The van der Waals surface area contributed by atoms with Crippen LogP contribution >= 0.6 is 0 Å². The minimum Gasteiger partial charge on any atom is -0.347 e. The molecule has 0 aromatic carbocycles. The van der Waals surface area contributed by atoms with Crippen molar-refractivity contribution in [1.82, 2.24) is 34.5 Å². The van der Waals surface area contributed by atoms with Gasteiger partial charge in [0.25, 0.3) is 0 Å². The third-order valence-corrected chi connectivity index (χ3v) is 5.58. The average molecular weight is 352 g/mol. The molecule has 1 saturated heterocycles. The summed E-state index contributed by atoms with van der Waals surface area (Å²) in [5.41, 5.74) is 2.03. The summed E-state index contributed by atoms with van der Waals surface area (Å²) in [5.74, 6) is 0.965. The van der Waals surface area contributed by atoms with Gasteiger partial charge in [0.2, 0.25) is 0 Å². The Morgan fingerprint density at radius 2 is 2.00 bits per heavy atom. The molecular weight excluding hydrogens is 328 g/mol. The molecule has 1 unspecified atom stereocenters. The zero-order chi connectivity index (χ0) is 17.3. The van der Waals surface area contributed by atoms with E-state index in [-0.39, 0.29) is 0 Å². The Morgan fingerprint density at radius 1 is 1.08 bits per heavy atom. The lowest BCUT2D eigenvalue weighted by Crippen LogP contribution is -2.40. The Morgan fingerprint density at radius 3 is 2.92 bits per heavy atom. The summed E-state index contributed by atoms with van der Waals surface area (Å²) in [7, 11) is 0. The number of hydrogen-bond donors (Lipinski definition) is 0. The van der Waals surface area contributed by atoms with Crippen LogP contribution in [0.1, 0.15) is 37.4 Å². The van der Waals surface area contributed by atoms with Gasteiger partial charge in [0.1, 0.15) is 12.1 Å². The highest BCUT2D eigenvalue weighted by Crippen LogP contribution is 2.27. The van der Waals surface area contributed by atoms with Gasteiger partial charge >= 0.3 is 0 Å². The Hall–Kier alpha value is -2.48. The molecule has 26 heavy (non-hydrogen) atoms. The lowest BCUT2D eigenvalue weighted by molar-refractivity contribution is 0.207. The smallest absolute Gasteiger partial charge is 0.177 e. The molecule has 3 aromatic heterocycles. The van der Waals surface area contributed by atoms with Crippen LogP contribution in [0.5, 0.6) is 0 Å². The van der Waals surface area contributed by atoms with Gasteiger partial charge in [-0.2, -0.15) is 9.61 Å². The fraction of sp³-hybridized carbons (Fsp3) is 0.556. The van der Waals surface area contributed by atoms with Crippen molar-refractivity contribution in [3.63, 3.8) is 0 Å². The number of nitrogens with zero attached hydrogens (tertiary/aromatic N) is 8. The molecule has 1 fully saturated rings. The van der Waals surface area contributed by atoms with Gasteiger partial charge < -0.3 is 9.80 Å². The molecule has 136 valence electrons. The van der Waals surface area contributed by atoms with E-state index < -0.39 is 0 Å². The minimum atomic E-state index is 0.383. The molecule has 0 spiro atoms. The van der Waals surface area contributed by atoms with Crippen molar-refractivity contribution < 1.29 is 0 Å². The maximum atomic E-state index is 4.68. The summed E-state index contributed by atoms with van der Waals surface area (Å²) in [4.78, 5) is 4.95. The van der Waals surface area contributed by atoms with Crippen molar-refractivity contribution in [1.29, 1.82) is 0 Å². The van der Waals surface area contributed by atoms with Gasteiger partial charge in [-0.1, -0.05) is 6.42 Å². The number of hydrogen-bond acceptors (Lipinski definition) is 6. The van der Waals surface area contributed by atoms with Gasteiger partial charge in [-0.25, -0.2) is 0 Å². The molecule has 2 aliphatic rings. The summed E-state index contributed by atoms with van der Waals surface area (Å²) in [6.07, 6.45) is 8.76. The molecule has 2 aliphatic heterocycles. The number of piperidine rings is 1. The van der Waals surface area contributed by atoms with E-state index in [1.807, 2.05) is 18.3 Å². The van der Waals surface area contributed by atoms with Crippen LogP contribution in [-0.2, 0) is 6.54 Å². The van der Waals surface area contributed by atoms with Crippen LogP contribution in [0.25, 0.3) is 5.65 Å². The van der Waals surface area contributed by atoms with E-state index in [0.717, 1.165) is 37.5 Å². The van der Waals surface area contributed by atoms with Crippen molar-refractivity contribution in [2.24, 2.45) is 0 Å². The molecule has 0 saturated carbocycles. The molecule has 8 heteroatoms. The second-order valence-electron chi connectivity index (χ2n) is 7.32. The molecule has 1 atom stereocenters. The molecule has 0 aliphatic carbocycles. The SMILES string of the molecule is c1cc2n(n1)C(CCN1CCCCC1)CN(c1ccc3nncn3n1)C2. The fourth-order valence-corrected chi connectivity index (χ4v) is 4.18. The quantitative estimate of drug-likeness (QED) is 0.713. The standard InChI is InChI=1S/C18H24N8/c1-2-9-23(10-3-1)11-7-16-13-24(12-15-6-8-20-26(15)16)18-5-4-17-21-19-14-25(17)22-18/h4-6,8,14,16H,1-3,7,9-13H2. The zero-order valence-corrected chi connectivity index (χ0v) is 14.9. The second-order valence-corrected chi connectivity index (χ2v) is 7.32. The normalized spacial score (nSPS) is 21.2. The number of likely N-dealkylation sites (tertiary alicyclic amines) is 1. The second kappa shape index (κ2) is 6.68. The summed E-state index contributed by atoms with van der Waals surface area (Å²) in [6.45, 7) is 5.40. The summed E-state index contributed by atoms with van der Waals surface area (Å²) in [5, 5.41) is 17.2. The van der Waals surface area contributed by atoms with Crippen molar-refractivity contribution in [3.05, 3.63) is 36.4 Å². The van der Waals surface area contributed by atoms with E-state index in [9.17, 15) is 0 Å². The van der Waals surface area contributed by atoms with E-state index in [1.165, 1.54) is 38.0 Å². The van der Waals surface area contributed by atoms with Crippen LogP contribution in [0.3, 0.4) is 0 Å². The van der Waals surface area contributed by atoms with E-state index in [0.29, 0.717) is 6.04 Å². The molecular formula is C18H24N8. The molecule has 0 amide bonds. The first-order valence-electron chi connectivity index (χ1n) is 9.53. The van der Waals surface area contributed by atoms with Crippen LogP contribution in [0.15, 0.2) is 30.7 Å². The van der Waals surface area contributed by atoms with Crippen molar-refractivity contribution in [3.8, 4) is 0 Å². The van der Waals surface area contributed by atoms with Gasteiger partial charge in [0.05, 0.1) is 18.3 Å². The number of fused-ring (bicyclic) bond motifs is 2. The van der Waals surface area contributed by atoms with Gasteiger partial charge in [-0.3, -0.25) is 4.68 Å². The van der Waals surface area contributed by atoms with Crippen LogP contribution < -0.4 is 4.90 Å². The van der Waals surface area contributed by atoms with E-state index in [4.69, 9.17) is 0 Å². The largest absolute Gasteiger partial charge is 0.347 e. The Labute approximate surface area is 152 Å². The average Bonchev–Trinajstić information content (AvgIpc) is 3.35. The summed E-state index contributed by atoms with van der Waals surface area (Å²) >= 11 is 0. The highest BCUT2D eigenvalue weighted by Gasteiger charge is 2.27. The maximum Gasteiger partial charge on any atom is 0.177 e. The Balaban J connectivity index is 1.35. The molecule has 0 radical (unpaired) electrons. The molecule has 3 aromatic rings. The topological polar surface area (TPSA) is 67.4 Å². The highest BCUT2D eigenvalue weighted by atomic mass is 15.4. The molecule has 0 N–H and O–H groups in total. The Bertz CT molecular complexity index is 878. The van der Waals surface area contributed by atoms with E-state index in [1.54, 1.807) is 10.8 Å². The highest BCUT2D eigenvalue weighted by molar-refractivity contribution is 5.45. The van der Waals surface area contributed by atoms with Crippen LogP contribution in [0.4, 0.5) is 5.82 Å². The summed E-state index contributed by atoms with van der Waals surface area (Å²) < 4.78 is 3.96. The third kappa shape index (κ3) is 2.94. The van der Waals surface area contributed by atoms with Gasteiger partial charge in [-0.15, -0.1) is 15.3 Å². The first-order valence-corrected chi connectivity index (χ1v) is 9.53. The molecule has 5 rings (SSSR count). The van der Waals surface area contributed by atoms with Gasteiger partial charge in [-0.05, 0) is 50.6 Å². The van der Waals surface area contributed by atoms with E-state index >= 15 is 0 Å². The number of anilines is 1. The number of rotatable bonds is 4. The fourth-order valence-electron chi connectivity index (χ4n) is 4.18. The molecule has 0 bridgehead atoms. The van der Waals surface area contributed by atoms with Crippen molar-refractivity contribution in [2.75, 3.05) is 31.1 Å². The van der Waals surface area contributed by atoms with Crippen molar-refractivity contribution >= 4 is 11.5 Å². The molecule has 5 heterocycles. The maximum absolute atomic E-state index is 4.68. The van der Waals surface area contributed by atoms with Crippen LogP contribution in [0, 0.1) is 0 Å². The summed E-state index contributed by atoms with van der Waals surface area (Å²) in [6, 6.07) is 6.52. The predicted octanol–water partition coefficient (Wildman–Crippen LogP) is 1.76. The Kier molecular flexibility index (Phi) is 4.05.